The van der Waals surface area contributed by atoms with E-state index >= 15 is 0 Å². The van der Waals surface area contributed by atoms with Gasteiger partial charge in [0.25, 0.3) is 5.91 Å². The standard InChI is InChI=1S/C27H26N2O7/c1-29-25(15-5-8-17(32-2)9-6-15)24(18-12-21(33-3)22(34-4)13-19(18)27(29)31)26(30)28-16-7-10-20-23(11-16)36-14-35-20/h5-13,24-25H,14H2,1-4H3,(H,28,30)/t24-,25+/m1/s1. The number of hydrogen-bond donors (Lipinski definition) is 1. The summed E-state index contributed by atoms with van der Waals surface area (Å²) < 4.78 is 27.0. The van der Waals surface area contributed by atoms with Gasteiger partial charge in [-0.15, -0.1) is 0 Å². The van der Waals surface area contributed by atoms with Gasteiger partial charge >= 0.3 is 0 Å². The monoisotopic (exact) mass is 490 g/mol. The summed E-state index contributed by atoms with van der Waals surface area (Å²) in [4.78, 5) is 29.0. The third-order valence-electron chi connectivity index (χ3n) is 6.55. The third-order valence-corrected chi connectivity index (χ3v) is 6.55. The molecule has 0 aromatic heterocycles. The minimum Gasteiger partial charge on any atom is -0.497 e. The number of anilines is 1. The summed E-state index contributed by atoms with van der Waals surface area (Å²) in [6, 6.07) is 15.3. The molecule has 2 aliphatic heterocycles. The number of methoxy groups -OCH3 is 3. The molecule has 2 heterocycles. The average Bonchev–Trinajstić information content (AvgIpc) is 3.37. The van der Waals surface area contributed by atoms with Crippen molar-refractivity contribution in [2.75, 3.05) is 40.5 Å². The maximum absolute atomic E-state index is 13.9. The van der Waals surface area contributed by atoms with Crippen LogP contribution in [0.1, 0.15) is 33.4 Å². The zero-order valence-corrected chi connectivity index (χ0v) is 20.4. The van der Waals surface area contributed by atoms with Crippen LogP contribution in [0, 0.1) is 0 Å². The van der Waals surface area contributed by atoms with Gasteiger partial charge < -0.3 is 33.9 Å². The second kappa shape index (κ2) is 9.33. The van der Waals surface area contributed by atoms with Crippen molar-refractivity contribution in [3.05, 3.63) is 71.3 Å². The van der Waals surface area contributed by atoms with E-state index in [9.17, 15) is 9.59 Å². The van der Waals surface area contributed by atoms with Gasteiger partial charge in [0.15, 0.2) is 23.0 Å². The molecule has 3 aromatic rings. The fourth-order valence-electron chi connectivity index (χ4n) is 4.74. The van der Waals surface area contributed by atoms with E-state index in [0.717, 1.165) is 5.56 Å². The first-order valence-electron chi connectivity index (χ1n) is 11.3. The largest absolute Gasteiger partial charge is 0.497 e. The fraction of sp³-hybridized carbons (Fsp3) is 0.259. The summed E-state index contributed by atoms with van der Waals surface area (Å²) >= 11 is 0. The van der Waals surface area contributed by atoms with E-state index in [0.29, 0.717) is 45.6 Å². The molecule has 2 amide bonds. The van der Waals surface area contributed by atoms with Crippen molar-refractivity contribution in [1.29, 1.82) is 0 Å². The van der Waals surface area contributed by atoms with Crippen molar-refractivity contribution in [2.45, 2.75) is 12.0 Å². The Morgan fingerprint density at radius 1 is 0.917 bits per heavy atom. The summed E-state index contributed by atoms with van der Waals surface area (Å²) in [5.41, 5.74) is 2.28. The predicted octanol–water partition coefficient (Wildman–Crippen LogP) is 3.99. The van der Waals surface area contributed by atoms with Crippen LogP contribution in [0.15, 0.2) is 54.6 Å². The van der Waals surface area contributed by atoms with Gasteiger partial charge in [-0.25, -0.2) is 0 Å². The molecule has 9 heteroatoms. The molecular formula is C27H26N2O7. The van der Waals surface area contributed by atoms with E-state index in [-0.39, 0.29) is 18.6 Å². The lowest BCUT2D eigenvalue weighted by molar-refractivity contribution is -0.119. The van der Waals surface area contributed by atoms with E-state index in [1.807, 2.05) is 24.3 Å². The summed E-state index contributed by atoms with van der Waals surface area (Å²) in [6.07, 6.45) is 0. The molecule has 5 rings (SSSR count). The van der Waals surface area contributed by atoms with Crippen LogP contribution in [-0.2, 0) is 4.79 Å². The Morgan fingerprint density at radius 2 is 1.61 bits per heavy atom. The van der Waals surface area contributed by atoms with Gasteiger partial charge in [-0.2, -0.15) is 0 Å². The number of carbonyl (C=O) groups is 2. The second-order valence-electron chi connectivity index (χ2n) is 8.46. The van der Waals surface area contributed by atoms with Crippen LogP contribution >= 0.6 is 0 Å². The summed E-state index contributed by atoms with van der Waals surface area (Å²) in [7, 11) is 6.30. The smallest absolute Gasteiger partial charge is 0.254 e. The normalized spacial score (nSPS) is 17.9. The first kappa shape index (κ1) is 23.3. The van der Waals surface area contributed by atoms with Crippen molar-refractivity contribution in [2.24, 2.45) is 0 Å². The number of amides is 2. The summed E-state index contributed by atoms with van der Waals surface area (Å²) in [5.74, 6) is 1.44. The molecular weight excluding hydrogens is 464 g/mol. The average molecular weight is 491 g/mol. The van der Waals surface area contributed by atoms with Crippen molar-refractivity contribution in [1.82, 2.24) is 4.90 Å². The first-order valence-corrected chi connectivity index (χ1v) is 11.3. The van der Waals surface area contributed by atoms with Crippen molar-refractivity contribution in [3.63, 3.8) is 0 Å². The number of fused-ring (bicyclic) bond motifs is 2. The SMILES string of the molecule is COc1ccc([C@H]2[C@H](C(=O)Nc3ccc4c(c3)OCO4)c3cc(OC)c(OC)cc3C(=O)N2C)cc1. The Morgan fingerprint density at radius 3 is 2.31 bits per heavy atom. The lowest BCUT2D eigenvalue weighted by Gasteiger charge is -2.40. The van der Waals surface area contributed by atoms with Gasteiger partial charge in [0.2, 0.25) is 12.7 Å². The van der Waals surface area contributed by atoms with Gasteiger partial charge in [0.05, 0.1) is 33.3 Å². The lowest BCUT2D eigenvalue weighted by atomic mass is 9.79. The molecule has 3 aromatic carbocycles. The number of likely N-dealkylation sites (N-methyl/N-ethyl adjacent to an activating group) is 1. The van der Waals surface area contributed by atoms with Gasteiger partial charge in [-0.1, -0.05) is 12.1 Å². The molecule has 1 N–H and O–H groups in total. The minimum absolute atomic E-state index is 0.136. The molecule has 0 fully saturated rings. The van der Waals surface area contributed by atoms with Crippen molar-refractivity contribution >= 4 is 17.5 Å². The molecule has 0 saturated heterocycles. The number of rotatable bonds is 6. The number of ether oxygens (including phenoxy) is 5. The Kier molecular flexibility index (Phi) is 6.05. The van der Waals surface area contributed by atoms with Crippen molar-refractivity contribution in [3.8, 4) is 28.7 Å². The van der Waals surface area contributed by atoms with E-state index < -0.39 is 12.0 Å². The highest BCUT2D eigenvalue weighted by atomic mass is 16.7. The molecule has 0 aliphatic carbocycles. The van der Waals surface area contributed by atoms with E-state index in [2.05, 4.69) is 5.32 Å². The van der Waals surface area contributed by atoms with E-state index in [1.54, 1.807) is 49.4 Å². The molecule has 0 unspecified atom stereocenters. The molecule has 36 heavy (non-hydrogen) atoms. The number of benzene rings is 3. The third kappa shape index (κ3) is 3.92. The number of nitrogens with zero attached hydrogens (tertiary/aromatic N) is 1. The Labute approximate surface area is 208 Å². The molecule has 9 nitrogen and oxygen atoms in total. The number of carbonyl (C=O) groups excluding carboxylic acids is 2. The fourth-order valence-corrected chi connectivity index (χ4v) is 4.74. The van der Waals surface area contributed by atoms with Crippen LogP contribution in [-0.4, -0.2) is 51.9 Å². The quantitative estimate of drug-likeness (QED) is 0.558. The van der Waals surface area contributed by atoms with Crippen LogP contribution in [0.3, 0.4) is 0 Å². The molecule has 0 spiro atoms. The first-order chi connectivity index (χ1) is 17.4. The highest BCUT2D eigenvalue weighted by molar-refractivity contribution is 6.05. The molecule has 186 valence electrons. The van der Waals surface area contributed by atoms with Crippen LogP contribution in [0.2, 0.25) is 0 Å². The van der Waals surface area contributed by atoms with Gasteiger partial charge in [0.1, 0.15) is 5.75 Å². The Bertz CT molecular complexity index is 1320. The zero-order valence-electron chi connectivity index (χ0n) is 20.4. The highest BCUT2D eigenvalue weighted by Gasteiger charge is 2.43. The predicted molar refractivity (Wildman–Crippen MR) is 131 cm³/mol. The van der Waals surface area contributed by atoms with Gasteiger partial charge in [-0.3, -0.25) is 9.59 Å². The number of nitrogens with one attached hydrogen (secondary N) is 1. The van der Waals surface area contributed by atoms with Crippen LogP contribution in [0.5, 0.6) is 28.7 Å². The molecule has 2 aliphatic rings. The second-order valence-corrected chi connectivity index (χ2v) is 8.46. The minimum atomic E-state index is -0.749. The Hall–Kier alpha value is -4.40. The lowest BCUT2D eigenvalue weighted by Crippen LogP contribution is -2.44. The maximum atomic E-state index is 13.9. The van der Waals surface area contributed by atoms with Gasteiger partial charge in [-0.05, 0) is 47.5 Å². The van der Waals surface area contributed by atoms with E-state index in [4.69, 9.17) is 23.7 Å². The van der Waals surface area contributed by atoms with Crippen LogP contribution < -0.4 is 29.0 Å². The summed E-state index contributed by atoms with van der Waals surface area (Å²) in [6.45, 7) is 0.136. The molecule has 0 bridgehead atoms. The maximum Gasteiger partial charge on any atom is 0.254 e. The molecule has 0 saturated carbocycles. The molecule has 2 atom stereocenters. The topological polar surface area (TPSA) is 95.6 Å². The van der Waals surface area contributed by atoms with Crippen LogP contribution in [0.4, 0.5) is 5.69 Å². The van der Waals surface area contributed by atoms with E-state index in [1.165, 1.54) is 14.2 Å². The summed E-state index contributed by atoms with van der Waals surface area (Å²) in [5, 5.41) is 3.00. The number of hydrogen-bond acceptors (Lipinski definition) is 7. The Balaban J connectivity index is 1.61. The van der Waals surface area contributed by atoms with Crippen molar-refractivity contribution < 1.29 is 33.3 Å². The molecule has 0 radical (unpaired) electrons. The zero-order chi connectivity index (χ0) is 25.4. The van der Waals surface area contributed by atoms with Gasteiger partial charge in [0, 0.05) is 24.4 Å². The highest BCUT2D eigenvalue weighted by Crippen LogP contribution is 2.46. The van der Waals surface area contributed by atoms with Crippen LogP contribution in [0.25, 0.3) is 0 Å².